The van der Waals surface area contributed by atoms with E-state index < -0.39 is 0 Å². The number of hydrogen-bond acceptors (Lipinski definition) is 1. The molecule has 3 aromatic rings. The predicted molar refractivity (Wildman–Crippen MR) is 125 cm³/mol. The predicted octanol–water partition coefficient (Wildman–Crippen LogP) is 7.19. The maximum atomic E-state index is 13.3. The maximum Gasteiger partial charge on any atom is 0.123 e. The first-order valence-electron chi connectivity index (χ1n) is 10.6. The van der Waals surface area contributed by atoms with Gasteiger partial charge in [-0.3, -0.25) is 0 Å². The zero-order chi connectivity index (χ0) is 20.3. The highest BCUT2D eigenvalue weighted by molar-refractivity contribution is 5.77. The average Bonchev–Trinajstić information content (AvgIpc) is 3.04. The first kappa shape index (κ1) is 18.6. The van der Waals surface area contributed by atoms with Gasteiger partial charge in [-0.25, -0.2) is 4.39 Å². The van der Waals surface area contributed by atoms with Crippen molar-refractivity contribution in [2.45, 2.75) is 25.7 Å². The van der Waals surface area contributed by atoms with Gasteiger partial charge >= 0.3 is 0 Å². The molecule has 0 fully saturated rings. The molecule has 30 heavy (non-hydrogen) atoms. The fraction of sp³-hybridized carbons (Fsp3) is 0.143. The molecule has 1 heterocycles. The van der Waals surface area contributed by atoms with Crippen LogP contribution in [0.5, 0.6) is 0 Å². The molecule has 2 heteroatoms. The molecule has 0 amide bonds. The summed E-state index contributed by atoms with van der Waals surface area (Å²) in [5.74, 6) is -0.122. The van der Waals surface area contributed by atoms with Gasteiger partial charge in [0.25, 0.3) is 0 Å². The van der Waals surface area contributed by atoms with Crippen molar-refractivity contribution in [3.63, 3.8) is 0 Å². The Morgan fingerprint density at radius 2 is 1.63 bits per heavy atom. The van der Waals surface area contributed by atoms with Crippen LogP contribution in [-0.4, -0.2) is 0 Å². The van der Waals surface area contributed by atoms with Crippen molar-refractivity contribution in [2.24, 2.45) is 0 Å². The second kappa shape index (κ2) is 8.16. The molecule has 0 saturated carbocycles. The molecule has 0 bridgehead atoms. The Labute approximate surface area is 177 Å². The number of aryl methyl sites for hydroxylation is 1. The fourth-order valence-electron chi connectivity index (χ4n) is 4.56. The van der Waals surface area contributed by atoms with Crippen LogP contribution in [0.1, 0.15) is 34.2 Å². The number of para-hydroxylation sites is 1. The lowest BCUT2D eigenvalue weighted by molar-refractivity contribution is 0.625. The second-order valence-electron chi connectivity index (χ2n) is 7.85. The number of halogens is 1. The summed E-state index contributed by atoms with van der Waals surface area (Å²) in [6, 6.07) is 17.8. The molecule has 6 rings (SSSR count). The van der Waals surface area contributed by atoms with E-state index in [1.165, 1.54) is 33.4 Å². The lowest BCUT2D eigenvalue weighted by Crippen LogP contribution is -2.10. The van der Waals surface area contributed by atoms with Gasteiger partial charge < -0.3 is 5.32 Å². The van der Waals surface area contributed by atoms with Gasteiger partial charge in [0, 0.05) is 11.9 Å². The summed E-state index contributed by atoms with van der Waals surface area (Å²) in [5.41, 5.74) is 10.5. The van der Waals surface area contributed by atoms with Crippen molar-refractivity contribution in [1.82, 2.24) is 0 Å². The van der Waals surface area contributed by atoms with Crippen LogP contribution in [0.25, 0.3) is 23.3 Å². The molecule has 0 atom stereocenters. The van der Waals surface area contributed by atoms with E-state index >= 15 is 0 Å². The third kappa shape index (κ3) is 3.61. The largest absolute Gasteiger partial charge is 0.361 e. The molecular formula is C28H24FN. The van der Waals surface area contributed by atoms with E-state index in [1.54, 1.807) is 12.1 Å². The van der Waals surface area contributed by atoms with Gasteiger partial charge in [0.2, 0.25) is 0 Å². The third-order valence-electron chi connectivity index (χ3n) is 6.01. The number of rotatable bonds is 0. The van der Waals surface area contributed by atoms with Gasteiger partial charge in [-0.15, -0.1) is 0 Å². The molecule has 1 N–H and O–H groups in total. The Bertz CT molecular complexity index is 1180. The number of hydrogen-bond donors (Lipinski definition) is 1. The monoisotopic (exact) mass is 393 g/mol. The van der Waals surface area contributed by atoms with E-state index in [1.807, 2.05) is 36.6 Å². The third-order valence-corrected chi connectivity index (χ3v) is 6.01. The summed E-state index contributed by atoms with van der Waals surface area (Å²) in [6.07, 6.45) is 16.8. The van der Waals surface area contributed by atoms with E-state index in [2.05, 4.69) is 47.8 Å². The molecule has 3 aliphatic rings. The van der Waals surface area contributed by atoms with E-state index in [9.17, 15) is 4.39 Å². The van der Waals surface area contributed by atoms with Crippen LogP contribution >= 0.6 is 0 Å². The first-order chi connectivity index (χ1) is 14.8. The molecule has 3 aromatic carbocycles. The molecule has 0 spiro atoms. The van der Waals surface area contributed by atoms with Crippen molar-refractivity contribution in [1.29, 1.82) is 0 Å². The van der Waals surface area contributed by atoms with Crippen molar-refractivity contribution in [3.05, 3.63) is 113 Å². The van der Waals surface area contributed by atoms with Crippen LogP contribution in [0.15, 0.2) is 79.0 Å². The Kier molecular flexibility index (Phi) is 5.06. The van der Waals surface area contributed by atoms with Crippen LogP contribution < -0.4 is 5.32 Å². The molecule has 2 aliphatic carbocycles. The Morgan fingerprint density at radius 3 is 2.60 bits per heavy atom. The Morgan fingerprint density at radius 1 is 0.733 bits per heavy atom. The van der Waals surface area contributed by atoms with Crippen molar-refractivity contribution >= 4 is 17.8 Å². The van der Waals surface area contributed by atoms with E-state index in [0.717, 1.165) is 36.9 Å². The quantitative estimate of drug-likeness (QED) is 0.426. The maximum absolute atomic E-state index is 13.3. The highest BCUT2D eigenvalue weighted by Gasteiger charge is 2.21. The minimum Gasteiger partial charge on any atom is -0.361 e. The molecule has 0 radical (unpaired) electrons. The summed E-state index contributed by atoms with van der Waals surface area (Å²) in [7, 11) is 0. The standard InChI is InChI=1S/C18H15F.C10H9N/c19-14-7-10-16-13(11-14)6-9-17-15-4-2-1-3-12(15)5-8-18(16)17;1-2-7-10-9(5-1)6-3-4-8-11-10/h1,3,5,7-8,10-11H,2,4,6,9H2;1-8,11H. The molecular weight excluding hydrogens is 369 g/mol. The van der Waals surface area contributed by atoms with Gasteiger partial charge in [0.15, 0.2) is 0 Å². The Balaban J connectivity index is 0.000000149. The molecule has 148 valence electrons. The first-order valence-corrected chi connectivity index (χ1v) is 10.6. The number of allylic oxidation sites excluding steroid dienone is 3. The summed E-state index contributed by atoms with van der Waals surface area (Å²) < 4.78 is 13.3. The van der Waals surface area contributed by atoms with Gasteiger partial charge in [0.1, 0.15) is 5.82 Å². The van der Waals surface area contributed by atoms with E-state index in [4.69, 9.17) is 0 Å². The van der Waals surface area contributed by atoms with Crippen LogP contribution in [0.2, 0.25) is 0 Å². The topological polar surface area (TPSA) is 12.0 Å². The number of fused-ring (bicyclic) bond motifs is 6. The fourth-order valence-corrected chi connectivity index (χ4v) is 4.56. The molecule has 0 aromatic heterocycles. The number of anilines is 1. The summed E-state index contributed by atoms with van der Waals surface area (Å²) in [6.45, 7) is 0. The lowest BCUT2D eigenvalue weighted by Gasteiger charge is -2.25. The van der Waals surface area contributed by atoms with Crippen molar-refractivity contribution in [2.75, 3.05) is 5.32 Å². The number of nitrogens with one attached hydrogen (secondary N) is 1. The van der Waals surface area contributed by atoms with E-state index in [-0.39, 0.29) is 5.82 Å². The van der Waals surface area contributed by atoms with Crippen LogP contribution in [0.3, 0.4) is 0 Å². The molecule has 0 unspecified atom stereocenters. The van der Waals surface area contributed by atoms with Crippen molar-refractivity contribution in [3.8, 4) is 11.1 Å². The van der Waals surface area contributed by atoms with Gasteiger partial charge in [-0.05, 0) is 88.9 Å². The zero-order valence-corrected chi connectivity index (χ0v) is 16.9. The SMILES string of the molecule is C1=CNc2ccccc2C=C1.Fc1ccc2c(c1)CCc1c-2ccc2c1CCC=C2. The summed E-state index contributed by atoms with van der Waals surface area (Å²) in [4.78, 5) is 0. The van der Waals surface area contributed by atoms with E-state index in [0.29, 0.717) is 0 Å². The molecule has 0 saturated heterocycles. The highest BCUT2D eigenvalue weighted by atomic mass is 19.1. The van der Waals surface area contributed by atoms with Crippen LogP contribution in [-0.2, 0) is 19.3 Å². The Hall–Kier alpha value is -3.39. The van der Waals surface area contributed by atoms with Crippen molar-refractivity contribution < 1.29 is 4.39 Å². The molecule has 1 aliphatic heterocycles. The molecule has 1 nitrogen and oxygen atoms in total. The lowest BCUT2D eigenvalue weighted by atomic mass is 9.79. The van der Waals surface area contributed by atoms with Crippen LogP contribution in [0.4, 0.5) is 10.1 Å². The minimum absolute atomic E-state index is 0.122. The smallest absolute Gasteiger partial charge is 0.123 e. The minimum atomic E-state index is -0.122. The summed E-state index contributed by atoms with van der Waals surface area (Å²) >= 11 is 0. The van der Waals surface area contributed by atoms with Gasteiger partial charge in [0.05, 0.1) is 0 Å². The summed E-state index contributed by atoms with van der Waals surface area (Å²) in [5, 5.41) is 3.18. The second-order valence-corrected chi connectivity index (χ2v) is 7.85. The normalized spacial score (nSPS) is 14.8. The number of benzene rings is 3. The van der Waals surface area contributed by atoms with Gasteiger partial charge in [-0.2, -0.15) is 0 Å². The average molecular weight is 394 g/mol. The highest BCUT2D eigenvalue weighted by Crippen LogP contribution is 2.38. The van der Waals surface area contributed by atoms with Crippen LogP contribution in [0, 0.1) is 5.82 Å². The van der Waals surface area contributed by atoms with Gasteiger partial charge in [-0.1, -0.05) is 60.7 Å². The zero-order valence-electron chi connectivity index (χ0n) is 16.9.